The lowest BCUT2D eigenvalue weighted by molar-refractivity contribution is -0.128. The minimum Gasteiger partial charge on any atom is -0.481 e. The van der Waals surface area contributed by atoms with Crippen molar-refractivity contribution in [3.63, 3.8) is 0 Å². The maximum Gasteiger partial charge on any atom is 0.261 e. The first-order valence-corrected chi connectivity index (χ1v) is 12.4. The Morgan fingerprint density at radius 2 is 1.79 bits per heavy atom. The van der Waals surface area contributed by atoms with Crippen LogP contribution in [0.1, 0.15) is 45.4 Å². The van der Waals surface area contributed by atoms with Crippen molar-refractivity contribution in [1.82, 2.24) is 10.2 Å². The molecule has 0 bridgehead atoms. The zero-order chi connectivity index (χ0) is 21.3. The lowest BCUT2D eigenvalue weighted by Crippen LogP contribution is -2.39. The highest BCUT2D eigenvalue weighted by atomic mass is 32.2. The van der Waals surface area contributed by atoms with Crippen LogP contribution < -0.4 is 14.4 Å². The Hall–Kier alpha value is -1.80. The number of carbonyl (C=O) groups excluding carboxylic acids is 1. The molecule has 1 N–H and O–H groups in total. The van der Waals surface area contributed by atoms with Crippen LogP contribution >= 0.6 is 0 Å². The molecule has 8 heteroatoms. The Kier molecular flexibility index (Phi) is 9.23. The van der Waals surface area contributed by atoms with Crippen molar-refractivity contribution in [2.24, 2.45) is 0 Å². The van der Waals surface area contributed by atoms with Crippen LogP contribution in [0.3, 0.4) is 0 Å². The summed E-state index contributed by atoms with van der Waals surface area (Å²) in [5.74, 6) is 0.433. The van der Waals surface area contributed by atoms with Gasteiger partial charge in [-0.3, -0.25) is 9.10 Å². The molecule has 1 saturated heterocycles. The van der Waals surface area contributed by atoms with Gasteiger partial charge in [-0.1, -0.05) is 19.8 Å². The summed E-state index contributed by atoms with van der Waals surface area (Å²) < 4.78 is 30.2. The molecule has 1 fully saturated rings. The molecule has 0 aromatic heterocycles. The van der Waals surface area contributed by atoms with Crippen molar-refractivity contribution in [2.45, 2.75) is 51.6 Å². The summed E-state index contributed by atoms with van der Waals surface area (Å²) in [6.45, 7) is 5.91. The summed E-state index contributed by atoms with van der Waals surface area (Å²) in [6.07, 6.45) is 7.29. The predicted octanol–water partition coefficient (Wildman–Crippen LogP) is 2.62. The summed E-state index contributed by atoms with van der Waals surface area (Å²) in [5, 5.41) is 2.98. The molecular weight excluding hydrogens is 390 g/mol. The van der Waals surface area contributed by atoms with E-state index >= 15 is 0 Å². The molecular formula is C21H35N3O4S. The second-order valence-corrected chi connectivity index (χ2v) is 9.65. The Bertz CT molecular complexity index is 729. The van der Waals surface area contributed by atoms with Crippen molar-refractivity contribution >= 4 is 21.6 Å². The van der Waals surface area contributed by atoms with E-state index in [1.54, 1.807) is 24.3 Å². The third-order valence-electron chi connectivity index (χ3n) is 5.29. The van der Waals surface area contributed by atoms with E-state index in [1.165, 1.54) is 50.1 Å². The molecule has 0 radical (unpaired) electrons. The summed E-state index contributed by atoms with van der Waals surface area (Å²) in [5.41, 5.74) is 0.547. The van der Waals surface area contributed by atoms with E-state index in [-0.39, 0.29) is 5.91 Å². The van der Waals surface area contributed by atoms with E-state index < -0.39 is 16.1 Å². The highest BCUT2D eigenvalue weighted by Crippen LogP contribution is 2.21. The molecule has 1 heterocycles. The third-order valence-corrected chi connectivity index (χ3v) is 6.49. The van der Waals surface area contributed by atoms with Crippen LogP contribution in [0.15, 0.2) is 24.3 Å². The van der Waals surface area contributed by atoms with Gasteiger partial charge in [-0.05, 0) is 69.6 Å². The Morgan fingerprint density at radius 1 is 1.17 bits per heavy atom. The minimum absolute atomic E-state index is 0.110. The Balaban J connectivity index is 1.78. The van der Waals surface area contributed by atoms with Crippen LogP contribution in [0, 0.1) is 0 Å². The lowest BCUT2D eigenvalue weighted by Gasteiger charge is -2.21. The number of hydrogen-bond acceptors (Lipinski definition) is 5. The smallest absolute Gasteiger partial charge is 0.261 e. The van der Waals surface area contributed by atoms with Gasteiger partial charge in [0.25, 0.3) is 5.91 Å². The van der Waals surface area contributed by atoms with E-state index in [0.717, 1.165) is 19.2 Å². The number of carbonyl (C=O) groups is 1. The van der Waals surface area contributed by atoms with Gasteiger partial charge in [0.2, 0.25) is 10.0 Å². The van der Waals surface area contributed by atoms with Crippen LogP contribution in [0.4, 0.5) is 5.69 Å². The minimum atomic E-state index is -3.31. The standard InChI is InChI=1S/C21H35N3O4S/c1-4-20(21(25)22-14-9-17-24-15-7-5-6-8-16-24)28-19-12-10-18(11-13-19)23(2)29(3,26)27/h10-13,20H,4-9,14-17H2,1-3H3,(H,22,25). The van der Waals surface area contributed by atoms with Gasteiger partial charge in [0.05, 0.1) is 11.9 Å². The van der Waals surface area contributed by atoms with Gasteiger partial charge in [0.15, 0.2) is 6.10 Å². The number of benzene rings is 1. The molecule has 1 aromatic carbocycles. The number of nitrogens with zero attached hydrogens (tertiary/aromatic N) is 2. The topological polar surface area (TPSA) is 78.9 Å². The van der Waals surface area contributed by atoms with Crippen LogP contribution in [-0.4, -0.2) is 64.8 Å². The van der Waals surface area contributed by atoms with E-state index in [2.05, 4.69) is 10.2 Å². The van der Waals surface area contributed by atoms with Gasteiger partial charge in [0, 0.05) is 13.6 Å². The van der Waals surface area contributed by atoms with Crippen LogP contribution in [0.25, 0.3) is 0 Å². The molecule has 7 nitrogen and oxygen atoms in total. The summed E-state index contributed by atoms with van der Waals surface area (Å²) in [7, 11) is -1.81. The number of likely N-dealkylation sites (tertiary alicyclic amines) is 1. The van der Waals surface area contributed by atoms with Gasteiger partial charge in [0.1, 0.15) is 5.75 Å². The van der Waals surface area contributed by atoms with E-state index in [1.807, 2.05) is 6.92 Å². The van der Waals surface area contributed by atoms with Crippen LogP contribution in [-0.2, 0) is 14.8 Å². The molecule has 0 saturated carbocycles. The SMILES string of the molecule is CCC(Oc1ccc(N(C)S(C)(=O)=O)cc1)C(=O)NCCCN1CCCCCC1. The van der Waals surface area contributed by atoms with Crippen molar-refractivity contribution < 1.29 is 17.9 Å². The van der Waals surface area contributed by atoms with E-state index in [0.29, 0.717) is 24.4 Å². The Morgan fingerprint density at radius 3 is 2.34 bits per heavy atom. The molecule has 1 amide bonds. The summed E-state index contributed by atoms with van der Waals surface area (Å²) in [6, 6.07) is 6.71. The third kappa shape index (κ3) is 7.85. The normalized spacial score (nSPS) is 16.7. The molecule has 29 heavy (non-hydrogen) atoms. The maximum atomic E-state index is 12.5. The lowest BCUT2D eigenvalue weighted by atomic mass is 10.2. The number of rotatable bonds is 10. The number of amides is 1. The van der Waals surface area contributed by atoms with Crippen LogP contribution in [0.2, 0.25) is 0 Å². The molecule has 1 unspecified atom stereocenters. The van der Waals surface area contributed by atoms with Crippen LogP contribution in [0.5, 0.6) is 5.75 Å². The van der Waals surface area contributed by atoms with Crippen molar-refractivity contribution in [3.05, 3.63) is 24.3 Å². The highest BCUT2D eigenvalue weighted by molar-refractivity contribution is 7.92. The van der Waals surface area contributed by atoms with E-state index in [4.69, 9.17) is 4.74 Å². The molecule has 1 aliphatic heterocycles. The monoisotopic (exact) mass is 425 g/mol. The molecule has 164 valence electrons. The molecule has 1 atom stereocenters. The number of anilines is 1. The van der Waals surface area contributed by atoms with Gasteiger partial charge < -0.3 is 15.0 Å². The zero-order valence-corrected chi connectivity index (χ0v) is 18.7. The van der Waals surface area contributed by atoms with Crippen molar-refractivity contribution in [1.29, 1.82) is 0 Å². The van der Waals surface area contributed by atoms with Gasteiger partial charge >= 0.3 is 0 Å². The fourth-order valence-electron chi connectivity index (χ4n) is 3.40. The number of sulfonamides is 1. The first-order valence-electron chi connectivity index (χ1n) is 10.5. The Labute approximate surface area is 175 Å². The zero-order valence-electron chi connectivity index (χ0n) is 17.9. The first-order chi connectivity index (χ1) is 13.8. The summed E-state index contributed by atoms with van der Waals surface area (Å²) in [4.78, 5) is 14.9. The molecule has 1 aliphatic rings. The molecule has 2 rings (SSSR count). The fourth-order valence-corrected chi connectivity index (χ4v) is 3.91. The van der Waals surface area contributed by atoms with Gasteiger partial charge in [-0.15, -0.1) is 0 Å². The number of nitrogens with one attached hydrogen (secondary N) is 1. The fraction of sp³-hybridized carbons (Fsp3) is 0.667. The largest absolute Gasteiger partial charge is 0.481 e. The van der Waals surface area contributed by atoms with Gasteiger partial charge in [-0.2, -0.15) is 0 Å². The summed E-state index contributed by atoms with van der Waals surface area (Å²) >= 11 is 0. The second kappa shape index (κ2) is 11.4. The average Bonchev–Trinajstić information content (AvgIpc) is 2.97. The quantitative estimate of drug-likeness (QED) is 0.583. The molecule has 1 aromatic rings. The van der Waals surface area contributed by atoms with Gasteiger partial charge in [-0.25, -0.2) is 8.42 Å². The molecule has 0 spiro atoms. The maximum absolute atomic E-state index is 12.5. The predicted molar refractivity (Wildman–Crippen MR) is 117 cm³/mol. The molecule has 0 aliphatic carbocycles. The first kappa shape index (κ1) is 23.5. The van der Waals surface area contributed by atoms with Crippen molar-refractivity contribution in [3.8, 4) is 5.75 Å². The second-order valence-electron chi connectivity index (χ2n) is 7.64. The number of ether oxygens (including phenoxy) is 1. The number of hydrogen-bond donors (Lipinski definition) is 1. The highest BCUT2D eigenvalue weighted by Gasteiger charge is 2.19. The average molecular weight is 426 g/mol. The van der Waals surface area contributed by atoms with E-state index in [9.17, 15) is 13.2 Å². The van der Waals surface area contributed by atoms with Crippen molar-refractivity contribution in [2.75, 3.05) is 43.8 Å².